The summed E-state index contributed by atoms with van der Waals surface area (Å²) in [5.41, 5.74) is 3.74. The fourth-order valence-electron chi connectivity index (χ4n) is 3.53. The van der Waals surface area contributed by atoms with Gasteiger partial charge in [0, 0.05) is 27.6 Å². The molecule has 0 spiro atoms. The summed E-state index contributed by atoms with van der Waals surface area (Å²) in [7, 11) is 0. The van der Waals surface area contributed by atoms with Crippen LogP contribution in [0.1, 0.15) is 22.6 Å². The van der Waals surface area contributed by atoms with E-state index in [4.69, 9.17) is 4.74 Å². The van der Waals surface area contributed by atoms with Gasteiger partial charge in [0.2, 0.25) is 6.54 Å². The highest BCUT2D eigenvalue weighted by Crippen LogP contribution is 2.36. The average molecular weight is 372 g/mol. The number of hydrogen-bond donors (Lipinski definition) is 1. The van der Waals surface area contributed by atoms with E-state index in [1.165, 1.54) is 0 Å². The van der Waals surface area contributed by atoms with E-state index in [0.29, 0.717) is 12.4 Å². The molecule has 4 aromatic rings. The molecule has 28 heavy (non-hydrogen) atoms. The number of aromatic amines is 1. The summed E-state index contributed by atoms with van der Waals surface area (Å²) in [5, 5.41) is 12.5. The lowest BCUT2D eigenvalue weighted by Gasteiger charge is -2.18. The second-order valence-electron chi connectivity index (χ2n) is 6.67. The molecule has 5 nitrogen and oxygen atoms in total. The van der Waals surface area contributed by atoms with Crippen LogP contribution in [-0.4, -0.2) is 16.5 Å². The molecule has 1 heterocycles. The van der Waals surface area contributed by atoms with Crippen molar-refractivity contribution in [3.8, 4) is 5.75 Å². The largest absolute Gasteiger partial charge is 0.489 e. The average Bonchev–Trinajstić information content (AvgIpc) is 3.15. The molecule has 5 heteroatoms. The molecular weight excluding hydrogens is 352 g/mol. The molecule has 0 fully saturated rings. The molecule has 4 rings (SSSR count). The van der Waals surface area contributed by atoms with Crippen molar-refractivity contribution in [3.63, 3.8) is 0 Å². The number of hydrogen-bond acceptors (Lipinski definition) is 3. The van der Waals surface area contributed by atoms with E-state index in [1.54, 1.807) is 0 Å². The van der Waals surface area contributed by atoms with Gasteiger partial charge in [0.1, 0.15) is 12.4 Å². The lowest BCUT2D eigenvalue weighted by Crippen LogP contribution is -2.15. The second-order valence-corrected chi connectivity index (χ2v) is 6.67. The van der Waals surface area contributed by atoms with Gasteiger partial charge in [-0.15, -0.1) is 0 Å². The maximum atomic E-state index is 11.5. The van der Waals surface area contributed by atoms with Gasteiger partial charge < -0.3 is 9.72 Å². The standard InChI is InChI=1S/C23H20N2O3/c26-25(27)15-21(20-14-24-22-12-6-4-10-18(20)22)19-11-5-7-13-23(19)28-16-17-8-2-1-3-9-17/h1-14,21,24H,15-16H2/t21-/m0/s1. The van der Waals surface area contributed by atoms with Crippen molar-refractivity contribution in [2.24, 2.45) is 0 Å². The van der Waals surface area contributed by atoms with Crippen molar-refractivity contribution < 1.29 is 9.66 Å². The van der Waals surface area contributed by atoms with Gasteiger partial charge in [-0.1, -0.05) is 66.7 Å². The number of fused-ring (bicyclic) bond motifs is 1. The molecule has 0 radical (unpaired) electrons. The fraction of sp³-hybridized carbons (Fsp3) is 0.130. The summed E-state index contributed by atoms with van der Waals surface area (Å²) in [6, 6.07) is 25.3. The van der Waals surface area contributed by atoms with E-state index in [0.717, 1.165) is 27.6 Å². The number of nitrogens with one attached hydrogen (secondary N) is 1. The Morgan fingerprint density at radius 3 is 2.43 bits per heavy atom. The smallest absolute Gasteiger partial charge is 0.214 e. The molecular formula is C23H20N2O3. The Bertz CT molecular complexity index is 1090. The highest BCUT2D eigenvalue weighted by atomic mass is 16.6. The molecule has 1 aromatic heterocycles. The monoisotopic (exact) mass is 372 g/mol. The third-order valence-electron chi connectivity index (χ3n) is 4.86. The highest BCUT2D eigenvalue weighted by Gasteiger charge is 2.26. The van der Waals surface area contributed by atoms with E-state index >= 15 is 0 Å². The van der Waals surface area contributed by atoms with Crippen molar-refractivity contribution in [2.75, 3.05) is 6.54 Å². The van der Waals surface area contributed by atoms with Crippen molar-refractivity contribution >= 4 is 10.9 Å². The Morgan fingerprint density at radius 1 is 0.893 bits per heavy atom. The van der Waals surface area contributed by atoms with Gasteiger partial charge in [-0.2, -0.15) is 0 Å². The fourth-order valence-corrected chi connectivity index (χ4v) is 3.53. The zero-order valence-corrected chi connectivity index (χ0v) is 15.2. The number of rotatable bonds is 7. The minimum Gasteiger partial charge on any atom is -0.489 e. The second kappa shape index (κ2) is 7.96. The predicted octanol–water partition coefficient (Wildman–Crippen LogP) is 5.16. The van der Waals surface area contributed by atoms with Crippen molar-refractivity contribution in [1.29, 1.82) is 0 Å². The van der Waals surface area contributed by atoms with Gasteiger partial charge in [-0.3, -0.25) is 10.1 Å². The summed E-state index contributed by atoms with van der Waals surface area (Å²) < 4.78 is 6.06. The molecule has 1 atom stereocenters. The number of aromatic nitrogens is 1. The van der Waals surface area contributed by atoms with Crippen LogP contribution in [-0.2, 0) is 6.61 Å². The van der Waals surface area contributed by atoms with E-state index < -0.39 is 5.92 Å². The topological polar surface area (TPSA) is 68.2 Å². The Hall–Kier alpha value is -3.60. The molecule has 0 aliphatic rings. The number of ether oxygens (including phenoxy) is 1. The minimum atomic E-state index is -0.405. The number of benzene rings is 3. The summed E-state index contributed by atoms with van der Waals surface area (Å²) >= 11 is 0. The third kappa shape index (κ3) is 3.74. The van der Waals surface area contributed by atoms with E-state index in [1.807, 2.05) is 85.1 Å². The lowest BCUT2D eigenvalue weighted by atomic mass is 9.90. The van der Waals surface area contributed by atoms with Gasteiger partial charge in [0.15, 0.2) is 0 Å². The van der Waals surface area contributed by atoms with Crippen LogP contribution in [0.2, 0.25) is 0 Å². The zero-order chi connectivity index (χ0) is 19.3. The van der Waals surface area contributed by atoms with Crippen molar-refractivity contribution in [1.82, 2.24) is 4.98 Å². The van der Waals surface area contributed by atoms with Crippen LogP contribution >= 0.6 is 0 Å². The van der Waals surface area contributed by atoms with Crippen molar-refractivity contribution in [3.05, 3.63) is 112 Å². The Kier molecular flexibility index (Phi) is 5.06. The van der Waals surface area contributed by atoms with Gasteiger partial charge >= 0.3 is 0 Å². The lowest BCUT2D eigenvalue weighted by molar-refractivity contribution is -0.481. The summed E-state index contributed by atoms with van der Waals surface area (Å²) in [6.07, 6.45) is 1.87. The highest BCUT2D eigenvalue weighted by molar-refractivity contribution is 5.84. The first-order valence-corrected chi connectivity index (χ1v) is 9.16. The Morgan fingerprint density at radius 2 is 1.61 bits per heavy atom. The van der Waals surface area contributed by atoms with Crippen LogP contribution in [0, 0.1) is 10.1 Å². The molecule has 0 bridgehead atoms. The Labute approximate surface area is 162 Å². The molecule has 0 saturated carbocycles. The number of H-pyrrole nitrogens is 1. The summed E-state index contributed by atoms with van der Waals surface area (Å²) in [4.78, 5) is 14.4. The van der Waals surface area contributed by atoms with E-state index in [-0.39, 0.29) is 11.5 Å². The quantitative estimate of drug-likeness (QED) is 0.360. The third-order valence-corrected chi connectivity index (χ3v) is 4.86. The van der Waals surface area contributed by atoms with Gasteiger partial charge in [-0.05, 0) is 23.3 Å². The first kappa shape index (κ1) is 17.8. The van der Waals surface area contributed by atoms with Crippen LogP contribution in [0.4, 0.5) is 0 Å². The number of para-hydroxylation sites is 2. The molecule has 1 N–H and O–H groups in total. The summed E-state index contributed by atoms with van der Waals surface area (Å²) in [5.74, 6) is 0.265. The number of nitrogens with zero attached hydrogens (tertiary/aromatic N) is 1. The van der Waals surface area contributed by atoms with Gasteiger partial charge in [0.05, 0.1) is 5.92 Å². The van der Waals surface area contributed by atoms with Crippen LogP contribution in [0.3, 0.4) is 0 Å². The molecule has 0 aliphatic carbocycles. The predicted molar refractivity (Wildman–Crippen MR) is 109 cm³/mol. The summed E-state index contributed by atoms with van der Waals surface area (Å²) in [6.45, 7) is 0.213. The van der Waals surface area contributed by atoms with E-state index in [2.05, 4.69) is 4.98 Å². The maximum Gasteiger partial charge on any atom is 0.214 e. The normalized spacial score (nSPS) is 12.0. The molecule has 0 unspecified atom stereocenters. The van der Waals surface area contributed by atoms with E-state index in [9.17, 15) is 10.1 Å². The van der Waals surface area contributed by atoms with Crippen LogP contribution in [0.25, 0.3) is 10.9 Å². The Balaban J connectivity index is 1.72. The van der Waals surface area contributed by atoms with Gasteiger partial charge in [0.25, 0.3) is 0 Å². The first-order chi connectivity index (χ1) is 13.7. The van der Waals surface area contributed by atoms with Gasteiger partial charge in [-0.25, -0.2) is 0 Å². The minimum absolute atomic E-state index is 0.201. The first-order valence-electron chi connectivity index (χ1n) is 9.16. The van der Waals surface area contributed by atoms with Crippen LogP contribution in [0.15, 0.2) is 85.1 Å². The maximum absolute atomic E-state index is 11.5. The van der Waals surface area contributed by atoms with Crippen LogP contribution in [0.5, 0.6) is 5.75 Å². The number of nitro groups is 1. The molecule has 0 amide bonds. The van der Waals surface area contributed by atoms with Crippen LogP contribution < -0.4 is 4.74 Å². The molecule has 0 saturated heterocycles. The zero-order valence-electron chi connectivity index (χ0n) is 15.2. The molecule has 140 valence electrons. The molecule has 3 aromatic carbocycles. The molecule has 0 aliphatic heterocycles. The van der Waals surface area contributed by atoms with Crippen molar-refractivity contribution in [2.45, 2.75) is 12.5 Å². The SMILES string of the molecule is O=[N+]([O-])C[C@@H](c1ccccc1OCc1ccccc1)c1c[nH]c2ccccc12.